The summed E-state index contributed by atoms with van der Waals surface area (Å²) in [7, 11) is 0. The number of hydrogen-bond acceptors (Lipinski definition) is 5. The molecule has 0 amide bonds. The van der Waals surface area contributed by atoms with Crippen molar-refractivity contribution >= 4 is 5.88 Å². The Balaban J connectivity index is 1.93. The van der Waals surface area contributed by atoms with Gasteiger partial charge in [-0.3, -0.25) is 15.1 Å². The Labute approximate surface area is 104 Å². The van der Waals surface area contributed by atoms with Gasteiger partial charge in [0.05, 0.1) is 18.3 Å². The molecule has 2 aromatic heterocycles. The number of rotatable bonds is 5. The van der Waals surface area contributed by atoms with Gasteiger partial charge >= 0.3 is 5.88 Å². The van der Waals surface area contributed by atoms with Gasteiger partial charge in [0.1, 0.15) is 10.7 Å². The van der Waals surface area contributed by atoms with E-state index in [1.54, 1.807) is 12.3 Å². The number of nitrogens with zero attached hydrogens (tertiary/aromatic N) is 2. The van der Waals surface area contributed by atoms with Crippen LogP contribution >= 0.6 is 0 Å². The summed E-state index contributed by atoms with van der Waals surface area (Å²) in [5.74, 6) is 0.293. The molecular formula is C12H13N3O3. The quantitative estimate of drug-likeness (QED) is 0.648. The molecule has 2 rings (SSSR count). The average molecular weight is 247 g/mol. The molecule has 2 aromatic rings. The number of furan rings is 1. The molecule has 0 aliphatic heterocycles. The van der Waals surface area contributed by atoms with Crippen molar-refractivity contribution in [1.82, 2.24) is 10.3 Å². The van der Waals surface area contributed by atoms with E-state index in [0.29, 0.717) is 12.3 Å². The fourth-order valence-electron chi connectivity index (χ4n) is 1.55. The standard InChI is InChI=1S/C12H13N3O3/c1-9(11-4-2-3-7-13-11)14-8-10-5-6-12(18-10)15(16)17/h2-7,9,14H,8H2,1H3/t9-/m1/s1. The van der Waals surface area contributed by atoms with E-state index in [2.05, 4.69) is 10.3 Å². The molecule has 0 aliphatic rings. The van der Waals surface area contributed by atoms with Gasteiger partial charge in [-0.2, -0.15) is 0 Å². The van der Waals surface area contributed by atoms with Crippen LogP contribution in [0.3, 0.4) is 0 Å². The van der Waals surface area contributed by atoms with Crippen molar-refractivity contribution in [3.05, 3.63) is 58.1 Å². The van der Waals surface area contributed by atoms with E-state index in [1.807, 2.05) is 25.1 Å². The van der Waals surface area contributed by atoms with Gasteiger partial charge in [-0.05, 0) is 25.1 Å². The lowest BCUT2D eigenvalue weighted by Gasteiger charge is -2.11. The second-order valence-corrected chi connectivity index (χ2v) is 3.85. The molecule has 0 aliphatic carbocycles. The largest absolute Gasteiger partial charge is 0.433 e. The first-order valence-electron chi connectivity index (χ1n) is 5.54. The average Bonchev–Trinajstić information content (AvgIpc) is 2.86. The Morgan fingerprint density at radius 3 is 2.89 bits per heavy atom. The third-order valence-electron chi connectivity index (χ3n) is 2.54. The van der Waals surface area contributed by atoms with Gasteiger partial charge in [-0.25, -0.2) is 0 Å². The zero-order valence-electron chi connectivity index (χ0n) is 9.87. The molecule has 94 valence electrons. The molecule has 0 saturated heterocycles. The molecule has 1 atom stereocenters. The molecule has 2 heterocycles. The summed E-state index contributed by atoms with van der Waals surface area (Å²) in [5, 5.41) is 13.6. The summed E-state index contributed by atoms with van der Waals surface area (Å²) >= 11 is 0. The van der Waals surface area contributed by atoms with E-state index >= 15 is 0 Å². The van der Waals surface area contributed by atoms with Gasteiger partial charge in [0.2, 0.25) is 0 Å². The third kappa shape index (κ3) is 2.92. The highest BCUT2D eigenvalue weighted by atomic mass is 16.6. The maximum Gasteiger partial charge on any atom is 0.433 e. The van der Waals surface area contributed by atoms with E-state index in [1.165, 1.54) is 6.07 Å². The Hall–Kier alpha value is -2.21. The molecule has 0 bridgehead atoms. The number of nitro groups is 1. The summed E-state index contributed by atoms with van der Waals surface area (Å²) < 4.78 is 5.05. The maximum atomic E-state index is 10.5. The normalized spacial score (nSPS) is 12.3. The number of pyridine rings is 1. The van der Waals surface area contributed by atoms with E-state index in [4.69, 9.17) is 4.42 Å². The van der Waals surface area contributed by atoms with Crippen LogP contribution in [0, 0.1) is 10.1 Å². The number of aromatic nitrogens is 1. The van der Waals surface area contributed by atoms with Gasteiger partial charge in [0.25, 0.3) is 0 Å². The molecule has 0 saturated carbocycles. The smallest absolute Gasteiger partial charge is 0.404 e. The highest BCUT2D eigenvalue weighted by molar-refractivity contribution is 5.18. The molecule has 0 aromatic carbocycles. The van der Waals surface area contributed by atoms with Crippen molar-refractivity contribution < 1.29 is 9.34 Å². The number of nitrogens with one attached hydrogen (secondary N) is 1. The Morgan fingerprint density at radius 2 is 2.28 bits per heavy atom. The van der Waals surface area contributed by atoms with Crippen molar-refractivity contribution in [3.63, 3.8) is 0 Å². The van der Waals surface area contributed by atoms with E-state index < -0.39 is 4.92 Å². The van der Waals surface area contributed by atoms with Crippen molar-refractivity contribution in [2.24, 2.45) is 0 Å². The second-order valence-electron chi connectivity index (χ2n) is 3.85. The predicted molar refractivity (Wildman–Crippen MR) is 64.9 cm³/mol. The highest BCUT2D eigenvalue weighted by Crippen LogP contribution is 2.16. The number of hydrogen-bond donors (Lipinski definition) is 1. The Kier molecular flexibility index (Phi) is 3.69. The zero-order valence-corrected chi connectivity index (χ0v) is 9.87. The zero-order chi connectivity index (χ0) is 13.0. The minimum Gasteiger partial charge on any atom is -0.404 e. The van der Waals surface area contributed by atoms with Gasteiger partial charge in [-0.1, -0.05) is 6.07 Å². The van der Waals surface area contributed by atoms with E-state index in [0.717, 1.165) is 5.69 Å². The van der Waals surface area contributed by atoms with Gasteiger partial charge in [-0.15, -0.1) is 0 Å². The summed E-state index contributed by atoms with van der Waals surface area (Å²) in [6.45, 7) is 2.39. The lowest BCUT2D eigenvalue weighted by molar-refractivity contribution is -0.402. The molecule has 6 nitrogen and oxygen atoms in total. The summed E-state index contributed by atoms with van der Waals surface area (Å²) in [4.78, 5) is 14.1. The van der Waals surface area contributed by atoms with Crippen LogP contribution < -0.4 is 5.32 Å². The van der Waals surface area contributed by atoms with Crippen LogP contribution in [0.1, 0.15) is 24.4 Å². The molecule has 0 unspecified atom stereocenters. The molecular weight excluding hydrogens is 234 g/mol. The van der Waals surface area contributed by atoms with E-state index in [9.17, 15) is 10.1 Å². The van der Waals surface area contributed by atoms with Crippen LogP contribution in [0.2, 0.25) is 0 Å². The molecule has 0 radical (unpaired) electrons. The minimum atomic E-state index is -0.550. The van der Waals surface area contributed by atoms with Crippen LogP contribution in [-0.4, -0.2) is 9.91 Å². The van der Waals surface area contributed by atoms with Crippen LogP contribution in [0.25, 0.3) is 0 Å². The molecule has 0 fully saturated rings. The van der Waals surface area contributed by atoms with Gasteiger partial charge in [0, 0.05) is 12.2 Å². The summed E-state index contributed by atoms with van der Waals surface area (Å²) in [6, 6.07) is 8.68. The van der Waals surface area contributed by atoms with Gasteiger partial charge in [0.15, 0.2) is 0 Å². The lowest BCUT2D eigenvalue weighted by Crippen LogP contribution is -2.18. The molecule has 18 heavy (non-hydrogen) atoms. The van der Waals surface area contributed by atoms with Crippen LogP contribution in [0.4, 0.5) is 5.88 Å². The first-order chi connectivity index (χ1) is 8.66. The maximum absolute atomic E-state index is 10.5. The Morgan fingerprint density at radius 1 is 1.44 bits per heavy atom. The SMILES string of the molecule is C[C@@H](NCc1ccc([N+](=O)[O-])o1)c1ccccn1. The predicted octanol–water partition coefficient (Wildman–Crippen LogP) is 2.43. The first kappa shape index (κ1) is 12.3. The fourth-order valence-corrected chi connectivity index (χ4v) is 1.55. The minimum absolute atomic E-state index is 0.0513. The van der Waals surface area contributed by atoms with Crippen molar-refractivity contribution in [3.8, 4) is 0 Å². The fraction of sp³-hybridized carbons (Fsp3) is 0.250. The van der Waals surface area contributed by atoms with E-state index in [-0.39, 0.29) is 11.9 Å². The topological polar surface area (TPSA) is 81.2 Å². The van der Waals surface area contributed by atoms with Crippen LogP contribution in [0.5, 0.6) is 0 Å². The van der Waals surface area contributed by atoms with Gasteiger partial charge < -0.3 is 9.73 Å². The second kappa shape index (κ2) is 5.42. The van der Waals surface area contributed by atoms with Crippen molar-refractivity contribution in [2.75, 3.05) is 0 Å². The Bertz CT molecular complexity index is 524. The summed E-state index contributed by atoms with van der Waals surface area (Å²) in [6.07, 6.45) is 1.73. The summed E-state index contributed by atoms with van der Waals surface area (Å²) in [5.41, 5.74) is 0.915. The van der Waals surface area contributed by atoms with Crippen molar-refractivity contribution in [1.29, 1.82) is 0 Å². The molecule has 0 spiro atoms. The first-order valence-corrected chi connectivity index (χ1v) is 5.54. The van der Waals surface area contributed by atoms with Crippen LogP contribution in [-0.2, 0) is 6.54 Å². The molecule has 6 heteroatoms. The van der Waals surface area contributed by atoms with Crippen LogP contribution in [0.15, 0.2) is 40.9 Å². The van der Waals surface area contributed by atoms with Crippen molar-refractivity contribution in [2.45, 2.75) is 19.5 Å². The molecule has 1 N–H and O–H groups in total. The lowest BCUT2D eigenvalue weighted by atomic mass is 10.2. The monoisotopic (exact) mass is 247 g/mol. The third-order valence-corrected chi connectivity index (χ3v) is 2.54. The highest BCUT2D eigenvalue weighted by Gasteiger charge is 2.12.